The van der Waals surface area contributed by atoms with Crippen molar-refractivity contribution in [3.05, 3.63) is 50.7 Å². The number of rotatable bonds is 6. The molecule has 0 aliphatic carbocycles. The van der Waals surface area contributed by atoms with Gasteiger partial charge in [-0.2, -0.15) is 12.1 Å². The third-order valence-corrected chi connectivity index (χ3v) is 4.00. The summed E-state index contributed by atoms with van der Waals surface area (Å²) in [5.74, 6) is 0.755. The van der Waals surface area contributed by atoms with Gasteiger partial charge in [0, 0.05) is 46.4 Å². The number of methoxy groups -OCH3 is 1. The van der Waals surface area contributed by atoms with Crippen molar-refractivity contribution in [1.82, 2.24) is 4.57 Å². The molecule has 0 spiro atoms. The average molecular weight is 454 g/mol. The summed E-state index contributed by atoms with van der Waals surface area (Å²) in [6.07, 6.45) is 0. The molecule has 0 atom stereocenters. The van der Waals surface area contributed by atoms with Gasteiger partial charge in [0.1, 0.15) is 12.4 Å². The molecular formula is C17H19BrNO3Y-. The van der Waals surface area contributed by atoms with Gasteiger partial charge >= 0.3 is 0 Å². The van der Waals surface area contributed by atoms with Crippen LogP contribution in [0.1, 0.15) is 12.5 Å². The Bertz CT molecular complexity index is 715. The number of benzene rings is 1. The summed E-state index contributed by atoms with van der Waals surface area (Å²) in [6, 6.07) is 10.6. The van der Waals surface area contributed by atoms with E-state index in [-0.39, 0.29) is 38.3 Å². The van der Waals surface area contributed by atoms with Crippen LogP contribution in [-0.2, 0) is 44.0 Å². The molecule has 1 radical (unpaired) electrons. The van der Waals surface area contributed by atoms with E-state index < -0.39 is 0 Å². The Hall–Kier alpha value is -0.486. The van der Waals surface area contributed by atoms with Crippen LogP contribution < -0.4 is 10.3 Å². The average Bonchev–Trinajstić information content (AvgIpc) is 2.51. The molecule has 0 saturated carbocycles. The summed E-state index contributed by atoms with van der Waals surface area (Å²) in [5, 5.41) is 0. The first kappa shape index (κ1) is 20.6. The van der Waals surface area contributed by atoms with Gasteiger partial charge < -0.3 is 14.0 Å². The fraction of sp³-hybridized carbons (Fsp3) is 0.353. The third-order valence-electron chi connectivity index (χ3n) is 3.35. The molecule has 2 rings (SSSR count). The number of hydrogen-bond donors (Lipinski definition) is 0. The number of aromatic nitrogens is 1. The second-order valence-electron chi connectivity index (χ2n) is 4.85. The van der Waals surface area contributed by atoms with Crippen molar-refractivity contribution in [2.75, 3.05) is 20.3 Å². The van der Waals surface area contributed by atoms with E-state index in [1.807, 2.05) is 25.1 Å². The van der Waals surface area contributed by atoms with Crippen molar-refractivity contribution in [2.45, 2.75) is 20.4 Å². The molecule has 0 aliphatic rings. The maximum atomic E-state index is 12.2. The Kier molecular flexibility index (Phi) is 8.69. The van der Waals surface area contributed by atoms with E-state index in [0.717, 1.165) is 21.5 Å². The SMILES string of the molecule is CCn1c(-c2ccc(OCCOC)cc2Br)[c-]cc(C)c1=O.[Y]. The fourth-order valence-electron chi connectivity index (χ4n) is 2.18. The van der Waals surface area contributed by atoms with Crippen molar-refractivity contribution in [3.63, 3.8) is 0 Å². The number of hydrogen-bond acceptors (Lipinski definition) is 3. The van der Waals surface area contributed by atoms with E-state index in [2.05, 4.69) is 22.0 Å². The van der Waals surface area contributed by atoms with Gasteiger partial charge in [-0.3, -0.25) is 4.79 Å². The molecule has 0 unspecified atom stereocenters. The van der Waals surface area contributed by atoms with Crippen LogP contribution in [0.25, 0.3) is 11.3 Å². The van der Waals surface area contributed by atoms with Gasteiger partial charge in [0.2, 0.25) is 0 Å². The van der Waals surface area contributed by atoms with Gasteiger partial charge in [0.25, 0.3) is 0 Å². The zero-order chi connectivity index (χ0) is 16.1. The van der Waals surface area contributed by atoms with Crippen LogP contribution in [0.15, 0.2) is 33.5 Å². The molecule has 1 aromatic heterocycles. The number of halogens is 1. The van der Waals surface area contributed by atoms with Gasteiger partial charge in [0.15, 0.2) is 5.56 Å². The third kappa shape index (κ3) is 4.99. The molecule has 0 N–H and O–H groups in total. The molecule has 1 aromatic carbocycles. The van der Waals surface area contributed by atoms with Crippen molar-refractivity contribution in [2.24, 2.45) is 0 Å². The quantitative estimate of drug-likeness (QED) is 0.497. The molecule has 0 bridgehead atoms. The summed E-state index contributed by atoms with van der Waals surface area (Å²) in [5.41, 5.74) is 2.40. The van der Waals surface area contributed by atoms with Crippen LogP contribution in [0.4, 0.5) is 0 Å². The first-order chi connectivity index (χ1) is 10.6. The largest absolute Gasteiger partial charge is 0.491 e. The van der Waals surface area contributed by atoms with E-state index in [9.17, 15) is 4.79 Å². The monoisotopic (exact) mass is 453 g/mol. The van der Waals surface area contributed by atoms with Crippen LogP contribution in [0.5, 0.6) is 5.75 Å². The van der Waals surface area contributed by atoms with Gasteiger partial charge in [0.05, 0.1) is 6.61 Å². The van der Waals surface area contributed by atoms with Crippen molar-refractivity contribution in [3.8, 4) is 17.0 Å². The minimum Gasteiger partial charge on any atom is -0.491 e. The normalized spacial score (nSPS) is 10.3. The molecule has 0 amide bonds. The molecule has 23 heavy (non-hydrogen) atoms. The molecule has 121 valence electrons. The van der Waals surface area contributed by atoms with Crippen LogP contribution in [-0.4, -0.2) is 24.9 Å². The van der Waals surface area contributed by atoms with Crippen LogP contribution in [0, 0.1) is 13.0 Å². The van der Waals surface area contributed by atoms with Crippen LogP contribution in [0.3, 0.4) is 0 Å². The second kappa shape index (κ2) is 9.72. The zero-order valence-corrected chi connectivity index (χ0v) is 18.0. The van der Waals surface area contributed by atoms with Crippen LogP contribution in [0.2, 0.25) is 0 Å². The summed E-state index contributed by atoms with van der Waals surface area (Å²) in [7, 11) is 1.64. The Morgan fingerprint density at radius 3 is 2.65 bits per heavy atom. The summed E-state index contributed by atoms with van der Waals surface area (Å²) in [6.45, 7) is 5.40. The molecule has 2 aromatic rings. The standard InChI is InChI=1S/C17H19BrNO3.Y/c1-4-19-16(8-5-12(2)17(19)20)14-7-6-13(11-15(14)18)22-10-9-21-3;/h5-7,11H,4,9-10H2,1-3H3;/q-1;. The zero-order valence-electron chi connectivity index (χ0n) is 13.6. The molecule has 0 aliphatic heterocycles. The first-order valence-corrected chi connectivity index (χ1v) is 7.91. The van der Waals surface area contributed by atoms with Crippen molar-refractivity contribution in [1.29, 1.82) is 0 Å². The predicted octanol–water partition coefficient (Wildman–Crippen LogP) is 3.43. The van der Waals surface area contributed by atoms with Gasteiger partial charge in [-0.15, -0.1) is 6.07 Å². The molecule has 0 fully saturated rings. The van der Waals surface area contributed by atoms with Gasteiger partial charge in [-0.05, 0) is 23.5 Å². The first-order valence-electron chi connectivity index (χ1n) is 7.12. The fourth-order valence-corrected chi connectivity index (χ4v) is 2.72. The van der Waals surface area contributed by atoms with Crippen LogP contribution >= 0.6 is 15.9 Å². The molecule has 4 nitrogen and oxygen atoms in total. The molecular weight excluding hydrogens is 435 g/mol. The van der Waals surface area contributed by atoms with E-state index >= 15 is 0 Å². The summed E-state index contributed by atoms with van der Waals surface area (Å²) >= 11 is 3.55. The Balaban J connectivity index is 0.00000264. The van der Waals surface area contributed by atoms with Crippen molar-refractivity contribution >= 4 is 15.9 Å². The van der Waals surface area contributed by atoms with E-state index in [1.54, 1.807) is 24.7 Å². The maximum absolute atomic E-state index is 12.2. The predicted molar refractivity (Wildman–Crippen MR) is 90.5 cm³/mol. The molecule has 1 heterocycles. The number of nitrogens with zero attached hydrogens (tertiary/aromatic N) is 1. The van der Waals surface area contributed by atoms with E-state index in [4.69, 9.17) is 9.47 Å². The number of pyridine rings is 1. The van der Waals surface area contributed by atoms with E-state index in [1.165, 1.54) is 0 Å². The molecule has 0 saturated heterocycles. The second-order valence-corrected chi connectivity index (χ2v) is 5.71. The summed E-state index contributed by atoms with van der Waals surface area (Å²) in [4.78, 5) is 12.2. The maximum Gasteiger partial charge on any atom is 0.197 e. The Morgan fingerprint density at radius 2 is 2.04 bits per heavy atom. The minimum atomic E-state index is 0. The topological polar surface area (TPSA) is 40.5 Å². The van der Waals surface area contributed by atoms with Crippen molar-refractivity contribution < 1.29 is 42.2 Å². The number of aryl methyl sites for hydroxylation is 1. The van der Waals surface area contributed by atoms with Gasteiger partial charge in [-0.1, -0.05) is 39.7 Å². The smallest absolute Gasteiger partial charge is 0.197 e. The van der Waals surface area contributed by atoms with Gasteiger partial charge in [-0.25, -0.2) is 0 Å². The number of ether oxygens (including phenoxy) is 2. The van der Waals surface area contributed by atoms with E-state index in [0.29, 0.717) is 25.3 Å². The minimum absolute atomic E-state index is 0. The Morgan fingerprint density at radius 1 is 1.30 bits per heavy atom. The Labute approximate surface area is 170 Å². The molecule has 6 heteroatoms. The summed E-state index contributed by atoms with van der Waals surface area (Å²) < 4.78 is 13.1.